The van der Waals surface area contributed by atoms with Crippen molar-refractivity contribution in [3.63, 3.8) is 0 Å². The van der Waals surface area contributed by atoms with Crippen molar-refractivity contribution in [2.45, 2.75) is 38.0 Å². The van der Waals surface area contributed by atoms with Crippen molar-refractivity contribution in [2.75, 3.05) is 26.2 Å². The molecule has 2 aromatic rings. The number of nitrogens with zero attached hydrogens (tertiary/aromatic N) is 4. The van der Waals surface area contributed by atoms with E-state index in [-0.39, 0.29) is 23.4 Å². The Morgan fingerprint density at radius 3 is 2.27 bits per heavy atom. The summed E-state index contributed by atoms with van der Waals surface area (Å²) in [7, 11) is 0. The highest BCUT2D eigenvalue weighted by atomic mass is 35.5. The molecule has 1 saturated carbocycles. The molecule has 162 valence electrons. The third kappa shape index (κ3) is 4.76. The fourth-order valence-corrected chi connectivity index (χ4v) is 4.26. The number of hydrogen-bond donors (Lipinski definition) is 0. The molecule has 4 rings (SSSR count). The van der Waals surface area contributed by atoms with Gasteiger partial charge in [0.2, 0.25) is 5.91 Å². The van der Waals surface area contributed by atoms with Gasteiger partial charge in [-0.05, 0) is 30.5 Å². The molecule has 0 radical (unpaired) electrons. The van der Waals surface area contributed by atoms with Crippen LogP contribution in [-0.2, 0) is 24.1 Å². The summed E-state index contributed by atoms with van der Waals surface area (Å²) in [6.45, 7) is 2.96. The highest BCUT2D eigenvalue weighted by molar-refractivity contribution is 6.32. The molecule has 10 heteroatoms. The maximum atomic E-state index is 13.2. The number of alkyl halides is 3. The van der Waals surface area contributed by atoms with Gasteiger partial charge in [0.1, 0.15) is 6.54 Å². The van der Waals surface area contributed by atoms with E-state index >= 15 is 0 Å². The molecule has 1 saturated heterocycles. The number of piperazine rings is 1. The summed E-state index contributed by atoms with van der Waals surface area (Å²) in [5.41, 5.74) is 0.365. The Bertz CT molecular complexity index is 917. The SMILES string of the molecule is O=C(Cn1nc(C(F)(F)F)c(Cl)c1C1CC1)N1CCN(Cc2ccc(Cl)cc2)CC1. The maximum Gasteiger partial charge on any atom is 0.436 e. The number of carbonyl (C=O) groups is 1. The first-order valence-corrected chi connectivity index (χ1v) is 10.6. The second kappa shape index (κ2) is 8.40. The number of carbonyl (C=O) groups excluding carboxylic acids is 1. The summed E-state index contributed by atoms with van der Waals surface area (Å²) < 4.78 is 40.7. The third-order valence-corrected chi connectivity index (χ3v) is 6.12. The van der Waals surface area contributed by atoms with E-state index in [1.54, 1.807) is 4.90 Å². The Hall–Kier alpha value is -1.77. The lowest BCUT2D eigenvalue weighted by atomic mass is 10.2. The number of rotatable bonds is 5. The van der Waals surface area contributed by atoms with Crippen molar-refractivity contribution in [1.29, 1.82) is 0 Å². The molecule has 1 aliphatic heterocycles. The molecule has 0 N–H and O–H groups in total. The van der Waals surface area contributed by atoms with Crippen LogP contribution in [0.4, 0.5) is 13.2 Å². The number of benzene rings is 1. The maximum absolute atomic E-state index is 13.2. The fourth-order valence-electron chi connectivity index (χ4n) is 3.73. The van der Waals surface area contributed by atoms with Gasteiger partial charge in [0.25, 0.3) is 0 Å². The normalized spacial score (nSPS) is 18.1. The first-order chi connectivity index (χ1) is 14.2. The number of amides is 1. The molecule has 1 aromatic carbocycles. The van der Waals surface area contributed by atoms with Crippen LogP contribution in [0.1, 0.15) is 35.7 Å². The molecule has 2 fully saturated rings. The minimum Gasteiger partial charge on any atom is -0.339 e. The molecule has 2 aliphatic rings. The Kier molecular flexibility index (Phi) is 6.01. The fraction of sp³-hybridized carbons (Fsp3) is 0.500. The van der Waals surface area contributed by atoms with Gasteiger partial charge in [-0.15, -0.1) is 0 Å². The zero-order valence-corrected chi connectivity index (χ0v) is 17.6. The molecule has 1 aliphatic carbocycles. The van der Waals surface area contributed by atoms with Gasteiger partial charge in [0.05, 0.1) is 10.7 Å². The summed E-state index contributed by atoms with van der Waals surface area (Å²) in [6, 6.07) is 7.63. The van der Waals surface area contributed by atoms with E-state index in [4.69, 9.17) is 23.2 Å². The van der Waals surface area contributed by atoms with Gasteiger partial charge < -0.3 is 4.90 Å². The predicted molar refractivity (Wildman–Crippen MR) is 108 cm³/mol. The Labute approximate surface area is 182 Å². The highest BCUT2D eigenvalue weighted by Crippen LogP contribution is 2.46. The zero-order valence-electron chi connectivity index (χ0n) is 16.1. The summed E-state index contributed by atoms with van der Waals surface area (Å²) in [4.78, 5) is 16.7. The van der Waals surface area contributed by atoms with Crippen LogP contribution in [0, 0.1) is 0 Å². The summed E-state index contributed by atoms with van der Waals surface area (Å²) in [5, 5.41) is 3.96. The second-order valence-corrected chi connectivity index (χ2v) is 8.58. The van der Waals surface area contributed by atoms with Gasteiger partial charge in [-0.25, -0.2) is 0 Å². The van der Waals surface area contributed by atoms with Crippen molar-refractivity contribution >= 4 is 29.1 Å². The molecule has 0 atom stereocenters. The van der Waals surface area contributed by atoms with Crippen LogP contribution in [0.25, 0.3) is 0 Å². The summed E-state index contributed by atoms with van der Waals surface area (Å²) in [5.74, 6) is -0.291. The molecule has 1 amide bonds. The third-order valence-electron chi connectivity index (χ3n) is 5.49. The number of halogens is 5. The lowest BCUT2D eigenvalue weighted by molar-refractivity contribution is -0.142. The Morgan fingerprint density at radius 2 is 1.70 bits per heavy atom. The highest BCUT2D eigenvalue weighted by Gasteiger charge is 2.42. The van der Waals surface area contributed by atoms with Crippen molar-refractivity contribution in [3.05, 3.63) is 51.3 Å². The lowest BCUT2D eigenvalue weighted by Crippen LogP contribution is -2.49. The van der Waals surface area contributed by atoms with Crippen molar-refractivity contribution < 1.29 is 18.0 Å². The molecule has 2 heterocycles. The molecular formula is C20H21Cl2F3N4O. The van der Waals surface area contributed by atoms with Gasteiger partial charge in [0, 0.05) is 43.7 Å². The number of aromatic nitrogens is 2. The van der Waals surface area contributed by atoms with Gasteiger partial charge >= 0.3 is 6.18 Å². The van der Waals surface area contributed by atoms with Gasteiger partial charge in [-0.1, -0.05) is 35.3 Å². The topological polar surface area (TPSA) is 41.4 Å². The molecule has 1 aromatic heterocycles. The molecular weight excluding hydrogens is 440 g/mol. The first kappa shape index (κ1) is 21.5. The van der Waals surface area contributed by atoms with E-state index in [0.717, 1.165) is 29.6 Å². The van der Waals surface area contributed by atoms with E-state index in [0.29, 0.717) is 36.9 Å². The van der Waals surface area contributed by atoms with E-state index in [1.807, 2.05) is 24.3 Å². The average molecular weight is 461 g/mol. The molecule has 30 heavy (non-hydrogen) atoms. The van der Waals surface area contributed by atoms with Crippen LogP contribution >= 0.6 is 23.2 Å². The summed E-state index contributed by atoms with van der Waals surface area (Å²) in [6.07, 6.45) is -3.11. The molecule has 0 spiro atoms. The molecule has 0 unspecified atom stereocenters. The minimum atomic E-state index is -4.64. The average Bonchev–Trinajstić information content (AvgIpc) is 3.47. The van der Waals surface area contributed by atoms with Crippen LogP contribution in [0.15, 0.2) is 24.3 Å². The standard InChI is InChI=1S/C20H21Cl2F3N4O/c21-15-5-1-13(2-6-15)11-27-7-9-28(10-8-27)16(30)12-29-18(14-3-4-14)17(22)19(26-29)20(23,24)25/h1-2,5-6,14H,3-4,7-12H2. The summed E-state index contributed by atoms with van der Waals surface area (Å²) >= 11 is 11.9. The van der Waals surface area contributed by atoms with Crippen LogP contribution in [0.3, 0.4) is 0 Å². The van der Waals surface area contributed by atoms with Gasteiger partial charge in [-0.3, -0.25) is 14.4 Å². The largest absolute Gasteiger partial charge is 0.436 e. The smallest absolute Gasteiger partial charge is 0.339 e. The van der Waals surface area contributed by atoms with Crippen LogP contribution in [-0.4, -0.2) is 51.7 Å². The van der Waals surface area contributed by atoms with E-state index in [1.165, 1.54) is 0 Å². The zero-order chi connectivity index (χ0) is 21.5. The Morgan fingerprint density at radius 1 is 1.07 bits per heavy atom. The van der Waals surface area contributed by atoms with Gasteiger partial charge in [-0.2, -0.15) is 18.3 Å². The molecule has 5 nitrogen and oxygen atoms in total. The van der Waals surface area contributed by atoms with Crippen LogP contribution in [0.5, 0.6) is 0 Å². The quantitative estimate of drug-likeness (QED) is 0.662. The van der Waals surface area contributed by atoms with Crippen LogP contribution in [0.2, 0.25) is 10.0 Å². The molecule has 0 bridgehead atoms. The second-order valence-electron chi connectivity index (χ2n) is 7.76. The van der Waals surface area contributed by atoms with E-state index in [9.17, 15) is 18.0 Å². The predicted octanol–water partition coefficient (Wildman–Crippen LogP) is 4.43. The lowest BCUT2D eigenvalue weighted by Gasteiger charge is -2.34. The minimum absolute atomic E-state index is 0.0508. The van der Waals surface area contributed by atoms with Crippen molar-refractivity contribution in [3.8, 4) is 0 Å². The van der Waals surface area contributed by atoms with Gasteiger partial charge in [0.15, 0.2) is 5.69 Å². The monoisotopic (exact) mass is 460 g/mol. The first-order valence-electron chi connectivity index (χ1n) is 9.80. The van der Waals surface area contributed by atoms with Crippen LogP contribution < -0.4 is 0 Å². The Balaban J connectivity index is 1.38. The van der Waals surface area contributed by atoms with Crippen molar-refractivity contribution in [1.82, 2.24) is 19.6 Å². The van der Waals surface area contributed by atoms with E-state index in [2.05, 4.69) is 10.00 Å². The van der Waals surface area contributed by atoms with Crippen molar-refractivity contribution in [2.24, 2.45) is 0 Å². The van der Waals surface area contributed by atoms with E-state index < -0.39 is 11.9 Å². The number of hydrogen-bond acceptors (Lipinski definition) is 3.